The van der Waals surface area contributed by atoms with Gasteiger partial charge in [-0.1, -0.05) is 19.9 Å². The molecule has 1 aromatic rings. The molecular weight excluding hydrogens is 245 g/mol. The Morgan fingerprint density at radius 3 is 2.89 bits per heavy atom. The molecule has 0 saturated heterocycles. The molecule has 0 spiro atoms. The molecule has 0 amide bonds. The van der Waals surface area contributed by atoms with E-state index in [9.17, 15) is 9.18 Å². The van der Waals surface area contributed by atoms with Crippen LogP contribution in [-0.2, 0) is 21.5 Å². The van der Waals surface area contributed by atoms with Gasteiger partial charge in [-0.2, -0.15) is 0 Å². The Kier molecular flexibility index (Phi) is 3.90. The highest BCUT2D eigenvalue weighted by atomic mass is 19.1. The molecule has 1 aliphatic carbocycles. The van der Waals surface area contributed by atoms with E-state index in [0.29, 0.717) is 25.3 Å². The van der Waals surface area contributed by atoms with Crippen LogP contribution >= 0.6 is 0 Å². The molecule has 19 heavy (non-hydrogen) atoms. The molecule has 1 atom stereocenters. The number of carbonyl (C=O) groups excluding carboxylic acids is 1. The number of carbonyl (C=O) groups is 1. The molecule has 0 aliphatic heterocycles. The second-order valence-corrected chi connectivity index (χ2v) is 5.47. The number of halogens is 1. The van der Waals surface area contributed by atoms with E-state index < -0.39 is 5.54 Å². The summed E-state index contributed by atoms with van der Waals surface area (Å²) in [5.41, 5.74) is 0.922. The van der Waals surface area contributed by atoms with Crippen LogP contribution in [0.2, 0.25) is 0 Å². The number of rotatable bonds is 4. The largest absolute Gasteiger partial charge is 0.467 e. The van der Waals surface area contributed by atoms with Crippen molar-refractivity contribution >= 4 is 5.97 Å². The van der Waals surface area contributed by atoms with Gasteiger partial charge in [0.15, 0.2) is 0 Å². The van der Waals surface area contributed by atoms with Gasteiger partial charge < -0.3 is 4.74 Å². The van der Waals surface area contributed by atoms with Crippen molar-refractivity contribution in [1.82, 2.24) is 5.32 Å². The number of fused-ring (bicyclic) bond motifs is 1. The molecule has 4 heteroatoms. The van der Waals surface area contributed by atoms with E-state index in [2.05, 4.69) is 19.2 Å². The Balaban J connectivity index is 2.39. The summed E-state index contributed by atoms with van der Waals surface area (Å²) in [5, 5.41) is 3.32. The van der Waals surface area contributed by atoms with Gasteiger partial charge >= 0.3 is 5.97 Å². The quantitative estimate of drug-likeness (QED) is 0.849. The van der Waals surface area contributed by atoms with Gasteiger partial charge in [-0.3, -0.25) is 5.32 Å². The van der Waals surface area contributed by atoms with Crippen molar-refractivity contribution in [2.45, 2.75) is 32.2 Å². The second-order valence-electron chi connectivity index (χ2n) is 5.47. The Morgan fingerprint density at radius 2 is 2.26 bits per heavy atom. The summed E-state index contributed by atoms with van der Waals surface area (Å²) in [4.78, 5) is 12.2. The van der Waals surface area contributed by atoms with E-state index in [0.717, 1.165) is 11.1 Å². The van der Waals surface area contributed by atoms with Crippen LogP contribution in [0.15, 0.2) is 18.2 Å². The topological polar surface area (TPSA) is 38.3 Å². The molecule has 0 aromatic heterocycles. The third-order valence-electron chi connectivity index (χ3n) is 3.64. The maximum atomic E-state index is 13.3. The van der Waals surface area contributed by atoms with Gasteiger partial charge in [-0.05, 0) is 48.6 Å². The molecule has 1 aliphatic rings. The van der Waals surface area contributed by atoms with E-state index in [1.165, 1.54) is 19.2 Å². The minimum absolute atomic E-state index is 0.261. The number of aryl methyl sites for hydroxylation is 1. The van der Waals surface area contributed by atoms with Crippen molar-refractivity contribution in [2.24, 2.45) is 5.92 Å². The fourth-order valence-electron chi connectivity index (χ4n) is 2.66. The smallest absolute Gasteiger partial charge is 0.330 e. The summed E-state index contributed by atoms with van der Waals surface area (Å²) in [6.45, 7) is 4.88. The highest BCUT2D eigenvalue weighted by molar-refractivity contribution is 5.84. The zero-order chi connectivity index (χ0) is 14.0. The third kappa shape index (κ3) is 2.50. The molecule has 1 N–H and O–H groups in total. The first-order valence-corrected chi connectivity index (χ1v) is 6.62. The number of esters is 1. The molecule has 0 fully saturated rings. The Bertz CT molecular complexity index is 487. The van der Waals surface area contributed by atoms with Gasteiger partial charge in [0.1, 0.15) is 11.4 Å². The number of methoxy groups -OCH3 is 1. The summed E-state index contributed by atoms with van der Waals surface area (Å²) < 4.78 is 18.2. The van der Waals surface area contributed by atoms with Gasteiger partial charge in [-0.15, -0.1) is 0 Å². The van der Waals surface area contributed by atoms with Gasteiger partial charge in [0.2, 0.25) is 0 Å². The van der Waals surface area contributed by atoms with Crippen molar-refractivity contribution in [3.8, 4) is 0 Å². The number of hydrogen-bond donors (Lipinski definition) is 1. The Labute approximate surface area is 113 Å². The van der Waals surface area contributed by atoms with E-state index in [4.69, 9.17) is 4.74 Å². The van der Waals surface area contributed by atoms with Crippen LogP contribution in [0.1, 0.15) is 31.4 Å². The standard InChI is InChI=1S/C15H20FNO2/c1-10(2)9-17-15(14(18)19-3)7-6-11-8-12(16)4-5-13(11)15/h4-5,8,10,17H,6-7,9H2,1-3H3. The molecule has 3 nitrogen and oxygen atoms in total. The molecule has 1 aromatic carbocycles. The van der Waals surface area contributed by atoms with E-state index in [1.807, 2.05) is 0 Å². The van der Waals surface area contributed by atoms with Gasteiger partial charge in [0.25, 0.3) is 0 Å². The van der Waals surface area contributed by atoms with Crippen molar-refractivity contribution in [3.05, 3.63) is 35.1 Å². The number of hydrogen-bond acceptors (Lipinski definition) is 3. The van der Waals surface area contributed by atoms with Crippen LogP contribution in [-0.4, -0.2) is 19.6 Å². The number of ether oxygens (including phenoxy) is 1. The highest BCUT2D eigenvalue weighted by Crippen LogP contribution is 2.38. The van der Waals surface area contributed by atoms with Gasteiger partial charge in [-0.25, -0.2) is 9.18 Å². The molecule has 2 rings (SSSR count). The summed E-state index contributed by atoms with van der Waals surface area (Å²) in [6, 6.07) is 4.61. The molecule has 0 saturated carbocycles. The molecule has 0 bridgehead atoms. The Hall–Kier alpha value is -1.42. The Morgan fingerprint density at radius 1 is 1.53 bits per heavy atom. The predicted octanol–water partition coefficient (Wildman–Crippen LogP) is 2.39. The van der Waals surface area contributed by atoms with E-state index in [1.54, 1.807) is 6.07 Å². The van der Waals surface area contributed by atoms with Crippen LogP contribution in [0.5, 0.6) is 0 Å². The lowest BCUT2D eigenvalue weighted by molar-refractivity contribution is -0.149. The summed E-state index contributed by atoms with van der Waals surface area (Å²) in [6.07, 6.45) is 1.30. The lowest BCUT2D eigenvalue weighted by atomic mass is 9.91. The minimum atomic E-state index is -0.817. The maximum Gasteiger partial charge on any atom is 0.330 e. The molecule has 0 heterocycles. The van der Waals surface area contributed by atoms with Crippen molar-refractivity contribution < 1.29 is 13.9 Å². The first kappa shape index (κ1) is 14.0. The predicted molar refractivity (Wildman–Crippen MR) is 71.3 cm³/mol. The fraction of sp³-hybridized carbons (Fsp3) is 0.533. The van der Waals surface area contributed by atoms with Crippen LogP contribution in [0.25, 0.3) is 0 Å². The third-order valence-corrected chi connectivity index (χ3v) is 3.64. The van der Waals surface area contributed by atoms with Gasteiger partial charge in [0.05, 0.1) is 7.11 Å². The number of benzene rings is 1. The first-order chi connectivity index (χ1) is 8.99. The average molecular weight is 265 g/mol. The van der Waals surface area contributed by atoms with Gasteiger partial charge in [0, 0.05) is 0 Å². The van der Waals surface area contributed by atoms with E-state index in [-0.39, 0.29) is 11.8 Å². The minimum Gasteiger partial charge on any atom is -0.467 e. The average Bonchev–Trinajstić information content (AvgIpc) is 2.74. The van der Waals surface area contributed by atoms with E-state index >= 15 is 0 Å². The fourth-order valence-corrected chi connectivity index (χ4v) is 2.66. The maximum absolute atomic E-state index is 13.3. The zero-order valence-electron chi connectivity index (χ0n) is 11.6. The zero-order valence-corrected chi connectivity index (χ0v) is 11.6. The van der Waals surface area contributed by atoms with Crippen LogP contribution in [0, 0.1) is 11.7 Å². The summed E-state index contributed by atoms with van der Waals surface area (Å²) in [5.74, 6) is -0.132. The van der Waals surface area contributed by atoms with Crippen LogP contribution in [0.3, 0.4) is 0 Å². The SMILES string of the molecule is COC(=O)C1(NCC(C)C)CCc2cc(F)ccc21. The van der Waals surface area contributed by atoms with Crippen LogP contribution < -0.4 is 5.32 Å². The second kappa shape index (κ2) is 5.29. The summed E-state index contributed by atoms with van der Waals surface area (Å²) in [7, 11) is 1.39. The van der Waals surface area contributed by atoms with Crippen LogP contribution in [0.4, 0.5) is 4.39 Å². The number of nitrogens with one attached hydrogen (secondary N) is 1. The molecular formula is C15H20FNO2. The van der Waals surface area contributed by atoms with Crippen molar-refractivity contribution in [3.63, 3.8) is 0 Å². The molecule has 104 valence electrons. The molecule has 1 unspecified atom stereocenters. The molecule has 0 radical (unpaired) electrons. The normalized spacial score (nSPS) is 21.5. The lowest BCUT2D eigenvalue weighted by Gasteiger charge is -2.29. The monoisotopic (exact) mass is 265 g/mol. The van der Waals surface area contributed by atoms with Crippen molar-refractivity contribution in [1.29, 1.82) is 0 Å². The first-order valence-electron chi connectivity index (χ1n) is 6.62. The summed E-state index contributed by atoms with van der Waals surface area (Å²) >= 11 is 0. The van der Waals surface area contributed by atoms with Crippen molar-refractivity contribution in [2.75, 3.05) is 13.7 Å². The lowest BCUT2D eigenvalue weighted by Crippen LogP contribution is -2.49. The highest BCUT2D eigenvalue weighted by Gasteiger charge is 2.46.